The lowest BCUT2D eigenvalue weighted by atomic mass is 10.0. The smallest absolute Gasteiger partial charge is 0.143 e. The molecule has 1 heterocycles. The first-order valence-electron chi connectivity index (χ1n) is 5.91. The van der Waals surface area contributed by atoms with E-state index in [0.717, 1.165) is 16.9 Å². The molecule has 0 aliphatic rings. The van der Waals surface area contributed by atoms with Gasteiger partial charge in [0.15, 0.2) is 0 Å². The summed E-state index contributed by atoms with van der Waals surface area (Å²) in [5, 5.41) is 12.1. The first-order chi connectivity index (χ1) is 9.04. The number of aliphatic hydroxyl groups is 1. The minimum atomic E-state index is -0.881. The van der Waals surface area contributed by atoms with Crippen LogP contribution in [0.5, 0.6) is 0 Å². The van der Waals surface area contributed by atoms with Crippen LogP contribution in [0.1, 0.15) is 29.0 Å². The maximum Gasteiger partial charge on any atom is 0.143 e. The van der Waals surface area contributed by atoms with Crippen molar-refractivity contribution in [2.75, 3.05) is 0 Å². The average Bonchev–Trinajstić information content (AvgIpc) is 2.87. The molecule has 2 rings (SSSR count). The lowest BCUT2D eigenvalue weighted by Gasteiger charge is -2.13. The SMILES string of the molecule is CCc1ccsc1C(O)Cc1c(F)ccc(Br)c1F. The molecule has 19 heavy (non-hydrogen) atoms. The minimum absolute atomic E-state index is 0.0649. The van der Waals surface area contributed by atoms with Gasteiger partial charge in [-0.3, -0.25) is 0 Å². The van der Waals surface area contributed by atoms with Crippen LogP contribution in [-0.4, -0.2) is 5.11 Å². The standard InChI is InChI=1S/C14H13BrF2OS/c1-2-8-5-6-19-14(8)12(18)7-9-11(16)4-3-10(15)13(9)17/h3-6,12,18H,2,7H2,1H3. The van der Waals surface area contributed by atoms with Crippen LogP contribution >= 0.6 is 27.3 Å². The molecule has 1 N–H and O–H groups in total. The fraction of sp³-hybridized carbons (Fsp3) is 0.286. The largest absolute Gasteiger partial charge is 0.387 e. The summed E-state index contributed by atoms with van der Waals surface area (Å²) in [5.41, 5.74) is 0.936. The second kappa shape index (κ2) is 6.11. The van der Waals surface area contributed by atoms with E-state index in [4.69, 9.17) is 0 Å². The fourth-order valence-corrected chi connectivity index (χ4v) is 3.33. The van der Waals surface area contributed by atoms with Crippen molar-refractivity contribution in [1.82, 2.24) is 0 Å². The van der Waals surface area contributed by atoms with E-state index in [9.17, 15) is 13.9 Å². The van der Waals surface area contributed by atoms with Gasteiger partial charge in [0.25, 0.3) is 0 Å². The number of halogens is 3. The van der Waals surface area contributed by atoms with E-state index in [1.165, 1.54) is 23.5 Å². The first kappa shape index (κ1) is 14.6. The molecular formula is C14H13BrF2OS. The third kappa shape index (κ3) is 3.04. The number of thiophene rings is 1. The normalized spacial score (nSPS) is 12.7. The first-order valence-corrected chi connectivity index (χ1v) is 7.58. The van der Waals surface area contributed by atoms with Crippen LogP contribution in [-0.2, 0) is 12.8 Å². The summed E-state index contributed by atoms with van der Waals surface area (Å²) >= 11 is 4.44. The Kier molecular flexibility index (Phi) is 4.71. The molecule has 0 saturated carbocycles. The topological polar surface area (TPSA) is 20.2 Å². The fourth-order valence-electron chi connectivity index (χ4n) is 1.97. The van der Waals surface area contributed by atoms with Gasteiger partial charge in [-0.25, -0.2) is 8.78 Å². The summed E-state index contributed by atoms with van der Waals surface area (Å²) in [5.74, 6) is -1.27. The molecule has 1 unspecified atom stereocenters. The lowest BCUT2D eigenvalue weighted by Crippen LogP contribution is -2.06. The Bertz CT molecular complexity index is 583. The van der Waals surface area contributed by atoms with E-state index in [1.54, 1.807) is 0 Å². The van der Waals surface area contributed by atoms with Crippen molar-refractivity contribution in [3.05, 3.63) is 55.7 Å². The number of hydrogen-bond donors (Lipinski definition) is 1. The summed E-state index contributed by atoms with van der Waals surface area (Å²) in [7, 11) is 0. The van der Waals surface area contributed by atoms with Gasteiger partial charge >= 0.3 is 0 Å². The van der Waals surface area contributed by atoms with Crippen LogP contribution in [0.25, 0.3) is 0 Å². The summed E-state index contributed by atoms with van der Waals surface area (Å²) < 4.78 is 27.7. The predicted octanol–water partition coefficient (Wildman–Crippen LogP) is 4.63. The van der Waals surface area contributed by atoms with Crippen molar-refractivity contribution < 1.29 is 13.9 Å². The quantitative estimate of drug-likeness (QED) is 0.800. The zero-order valence-electron chi connectivity index (χ0n) is 10.3. The van der Waals surface area contributed by atoms with Crippen LogP contribution < -0.4 is 0 Å². The van der Waals surface area contributed by atoms with Gasteiger partial charge in [0.2, 0.25) is 0 Å². The van der Waals surface area contributed by atoms with Crippen LogP contribution in [0.3, 0.4) is 0 Å². The predicted molar refractivity (Wildman–Crippen MR) is 76.4 cm³/mol. The van der Waals surface area contributed by atoms with E-state index in [0.29, 0.717) is 0 Å². The van der Waals surface area contributed by atoms with Gasteiger partial charge in [0, 0.05) is 16.9 Å². The molecule has 0 saturated heterocycles. The molecule has 0 spiro atoms. The molecular weight excluding hydrogens is 334 g/mol. The van der Waals surface area contributed by atoms with Gasteiger partial charge in [-0.15, -0.1) is 11.3 Å². The average molecular weight is 347 g/mol. The molecule has 0 amide bonds. The number of hydrogen-bond acceptors (Lipinski definition) is 2. The Morgan fingerprint density at radius 2 is 2.05 bits per heavy atom. The maximum absolute atomic E-state index is 13.9. The van der Waals surface area contributed by atoms with Gasteiger partial charge in [-0.1, -0.05) is 6.92 Å². The second-order valence-corrected chi connectivity index (χ2v) is 6.01. The van der Waals surface area contributed by atoms with Crippen molar-refractivity contribution in [2.24, 2.45) is 0 Å². The Labute approximate surface area is 123 Å². The molecule has 0 fully saturated rings. The molecule has 1 aromatic heterocycles. The summed E-state index contributed by atoms with van der Waals surface area (Å²) in [6.45, 7) is 1.98. The Morgan fingerprint density at radius 3 is 2.74 bits per heavy atom. The van der Waals surface area contributed by atoms with Gasteiger partial charge in [0.05, 0.1) is 10.6 Å². The molecule has 2 aromatic rings. The van der Waals surface area contributed by atoms with Crippen LogP contribution in [0.15, 0.2) is 28.1 Å². The highest BCUT2D eigenvalue weighted by atomic mass is 79.9. The van der Waals surface area contributed by atoms with E-state index in [1.807, 2.05) is 18.4 Å². The van der Waals surface area contributed by atoms with Crippen molar-refractivity contribution in [1.29, 1.82) is 0 Å². The second-order valence-electron chi connectivity index (χ2n) is 4.21. The monoisotopic (exact) mass is 346 g/mol. The third-order valence-electron chi connectivity index (χ3n) is 3.00. The van der Waals surface area contributed by atoms with Crippen LogP contribution in [0, 0.1) is 11.6 Å². The molecule has 1 nitrogen and oxygen atoms in total. The summed E-state index contributed by atoms with van der Waals surface area (Å²) in [6, 6.07) is 4.45. The highest BCUT2D eigenvalue weighted by Crippen LogP contribution is 2.30. The lowest BCUT2D eigenvalue weighted by molar-refractivity contribution is 0.178. The molecule has 0 aliphatic heterocycles. The van der Waals surface area contributed by atoms with Crippen molar-refractivity contribution in [3.8, 4) is 0 Å². The highest BCUT2D eigenvalue weighted by molar-refractivity contribution is 9.10. The molecule has 1 atom stereocenters. The number of aliphatic hydroxyl groups excluding tert-OH is 1. The molecule has 0 bridgehead atoms. The van der Waals surface area contributed by atoms with E-state index in [2.05, 4.69) is 15.9 Å². The van der Waals surface area contributed by atoms with E-state index >= 15 is 0 Å². The van der Waals surface area contributed by atoms with Gasteiger partial charge < -0.3 is 5.11 Å². The number of rotatable bonds is 4. The van der Waals surface area contributed by atoms with Crippen molar-refractivity contribution in [2.45, 2.75) is 25.9 Å². The molecule has 102 valence electrons. The van der Waals surface area contributed by atoms with Crippen molar-refractivity contribution >= 4 is 27.3 Å². The molecule has 5 heteroatoms. The van der Waals surface area contributed by atoms with Gasteiger partial charge in [-0.05, 0) is 51.5 Å². The van der Waals surface area contributed by atoms with Gasteiger partial charge in [-0.2, -0.15) is 0 Å². The number of benzene rings is 1. The molecule has 1 aromatic carbocycles. The minimum Gasteiger partial charge on any atom is -0.387 e. The van der Waals surface area contributed by atoms with E-state index < -0.39 is 17.7 Å². The van der Waals surface area contributed by atoms with Crippen LogP contribution in [0.4, 0.5) is 8.78 Å². The summed E-state index contributed by atoms with van der Waals surface area (Å²) in [6.07, 6.45) is -0.155. The van der Waals surface area contributed by atoms with Crippen LogP contribution in [0.2, 0.25) is 0 Å². The van der Waals surface area contributed by atoms with Gasteiger partial charge in [0.1, 0.15) is 11.6 Å². The molecule has 0 radical (unpaired) electrons. The highest BCUT2D eigenvalue weighted by Gasteiger charge is 2.19. The number of aryl methyl sites for hydroxylation is 1. The zero-order valence-corrected chi connectivity index (χ0v) is 12.7. The zero-order chi connectivity index (χ0) is 14.0. The van der Waals surface area contributed by atoms with E-state index in [-0.39, 0.29) is 16.5 Å². The summed E-state index contributed by atoms with van der Waals surface area (Å²) in [4.78, 5) is 0.779. The third-order valence-corrected chi connectivity index (χ3v) is 4.67. The maximum atomic E-state index is 13.9. The Balaban J connectivity index is 2.29. The molecule has 0 aliphatic carbocycles. The Morgan fingerprint density at radius 1 is 1.32 bits per heavy atom. The van der Waals surface area contributed by atoms with Crippen molar-refractivity contribution in [3.63, 3.8) is 0 Å². The Hall–Kier alpha value is -0.780.